The summed E-state index contributed by atoms with van der Waals surface area (Å²) in [5, 5.41) is 13.0. The Hall–Kier alpha value is -3.27. The van der Waals surface area contributed by atoms with Gasteiger partial charge in [0.15, 0.2) is 0 Å². The number of phenolic OH excluding ortho intramolecular Hbond substituents is 1. The SMILES string of the molecule is O=C1c2ccccc2N[C@@H](c2ccc(O)cc2)N1Cc1ccccc1. The van der Waals surface area contributed by atoms with Gasteiger partial charge in [-0.1, -0.05) is 54.6 Å². The van der Waals surface area contributed by atoms with Gasteiger partial charge in [0.05, 0.1) is 5.56 Å². The van der Waals surface area contributed by atoms with Crippen molar-refractivity contribution in [2.45, 2.75) is 12.7 Å². The number of fused-ring (bicyclic) bond motifs is 1. The average molecular weight is 330 g/mol. The van der Waals surface area contributed by atoms with Gasteiger partial charge in [-0.2, -0.15) is 0 Å². The fourth-order valence-corrected chi connectivity index (χ4v) is 3.16. The van der Waals surface area contributed by atoms with Crippen molar-refractivity contribution in [1.82, 2.24) is 4.90 Å². The predicted molar refractivity (Wildman–Crippen MR) is 97.2 cm³/mol. The first kappa shape index (κ1) is 15.3. The summed E-state index contributed by atoms with van der Waals surface area (Å²) in [6.07, 6.45) is -0.289. The van der Waals surface area contributed by atoms with Crippen molar-refractivity contribution in [2.24, 2.45) is 0 Å². The molecule has 4 heteroatoms. The summed E-state index contributed by atoms with van der Waals surface area (Å²) < 4.78 is 0. The van der Waals surface area contributed by atoms with Crippen molar-refractivity contribution >= 4 is 11.6 Å². The van der Waals surface area contributed by atoms with Gasteiger partial charge >= 0.3 is 0 Å². The van der Waals surface area contributed by atoms with Gasteiger partial charge in [-0.15, -0.1) is 0 Å². The molecule has 3 aromatic carbocycles. The van der Waals surface area contributed by atoms with E-state index in [0.29, 0.717) is 12.1 Å². The van der Waals surface area contributed by atoms with Crippen LogP contribution in [0.25, 0.3) is 0 Å². The molecule has 1 atom stereocenters. The molecule has 25 heavy (non-hydrogen) atoms. The summed E-state index contributed by atoms with van der Waals surface area (Å²) >= 11 is 0. The molecule has 3 aromatic rings. The number of amides is 1. The Morgan fingerprint density at radius 2 is 1.56 bits per heavy atom. The number of aromatic hydroxyl groups is 1. The lowest BCUT2D eigenvalue weighted by Crippen LogP contribution is -2.42. The quantitative estimate of drug-likeness (QED) is 0.758. The summed E-state index contributed by atoms with van der Waals surface area (Å²) in [5.41, 5.74) is 3.50. The van der Waals surface area contributed by atoms with E-state index in [1.807, 2.05) is 71.6 Å². The van der Waals surface area contributed by atoms with Crippen LogP contribution in [0.1, 0.15) is 27.7 Å². The summed E-state index contributed by atoms with van der Waals surface area (Å²) in [6, 6.07) is 24.5. The number of hydrogen-bond acceptors (Lipinski definition) is 3. The smallest absolute Gasteiger partial charge is 0.258 e. The van der Waals surface area contributed by atoms with Gasteiger partial charge < -0.3 is 15.3 Å². The molecule has 0 bridgehead atoms. The molecule has 0 radical (unpaired) electrons. The molecule has 1 heterocycles. The molecule has 0 aliphatic carbocycles. The highest BCUT2D eigenvalue weighted by molar-refractivity contribution is 6.01. The van der Waals surface area contributed by atoms with Crippen molar-refractivity contribution in [3.8, 4) is 5.75 Å². The highest BCUT2D eigenvalue weighted by atomic mass is 16.3. The first-order valence-corrected chi connectivity index (χ1v) is 8.22. The average Bonchev–Trinajstić information content (AvgIpc) is 2.65. The Morgan fingerprint density at radius 3 is 2.32 bits per heavy atom. The number of benzene rings is 3. The zero-order valence-corrected chi connectivity index (χ0v) is 13.6. The van der Waals surface area contributed by atoms with E-state index in [-0.39, 0.29) is 17.8 Å². The number of phenols is 1. The molecule has 0 spiro atoms. The largest absolute Gasteiger partial charge is 0.508 e. The first-order chi connectivity index (χ1) is 12.2. The van der Waals surface area contributed by atoms with Gasteiger partial charge in [-0.25, -0.2) is 0 Å². The van der Waals surface area contributed by atoms with Crippen molar-refractivity contribution in [2.75, 3.05) is 5.32 Å². The monoisotopic (exact) mass is 330 g/mol. The van der Waals surface area contributed by atoms with E-state index in [1.165, 1.54) is 0 Å². The third-order valence-corrected chi connectivity index (χ3v) is 4.43. The lowest BCUT2D eigenvalue weighted by atomic mass is 10.0. The molecule has 4 nitrogen and oxygen atoms in total. The Labute approximate surface area is 146 Å². The normalized spacial score (nSPS) is 16.2. The Morgan fingerprint density at radius 1 is 0.880 bits per heavy atom. The minimum absolute atomic E-state index is 0.00345. The van der Waals surface area contributed by atoms with Crippen LogP contribution in [0.4, 0.5) is 5.69 Å². The summed E-state index contributed by atoms with van der Waals surface area (Å²) in [6.45, 7) is 0.506. The second kappa shape index (κ2) is 6.32. The standard InChI is InChI=1S/C21H18N2O2/c24-17-12-10-16(11-13-17)20-22-19-9-5-4-8-18(19)21(25)23(20)14-15-6-2-1-3-7-15/h1-13,20,22,24H,14H2/t20-/m1/s1. The van der Waals surface area contributed by atoms with E-state index in [9.17, 15) is 9.90 Å². The zero-order valence-electron chi connectivity index (χ0n) is 13.6. The molecule has 0 fully saturated rings. The van der Waals surface area contributed by atoms with Crippen LogP contribution < -0.4 is 5.32 Å². The van der Waals surface area contributed by atoms with Gasteiger partial charge in [0.25, 0.3) is 5.91 Å². The van der Waals surface area contributed by atoms with Crippen molar-refractivity contribution in [3.05, 3.63) is 95.6 Å². The number of carbonyl (C=O) groups is 1. The van der Waals surface area contributed by atoms with E-state index in [0.717, 1.165) is 16.8 Å². The highest BCUT2D eigenvalue weighted by Gasteiger charge is 2.32. The molecule has 0 unspecified atom stereocenters. The molecule has 124 valence electrons. The van der Waals surface area contributed by atoms with Crippen LogP contribution in [0.2, 0.25) is 0 Å². The summed E-state index contributed by atoms with van der Waals surface area (Å²) in [5.74, 6) is 0.206. The molecule has 0 saturated carbocycles. The maximum absolute atomic E-state index is 13.1. The van der Waals surface area contributed by atoms with Crippen LogP contribution in [-0.4, -0.2) is 15.9 Å². The lowest BCUT2D eigenvalue weighted by Gasteiger charge is -2.38. The Bertz CT molecular complexity index is 891. The van der Waals surface area contributed by atoms with E-state index in [1.54, 1.807) is 12.1 Å². The number of nitrogens with one attached hydrogen (secondary N) is 1. The second-order valence-corrected chi connectivity index (χ2v) is 6.10. The van der Waals surface area contributed by atoms with Gasteiger partial charge in [0.1, 0.15) is 11.9 Å². The topological polar surface area (TPSA) is 52.6 Å². The van der Waals surface area contributed by atoms with Crippen LogP contribution in [-0.2, 0) is 6.54 Å². The van der Waals surface area contributed by atoms with Gasteiger partial charge in [0, 0.05) is 12.2 Å². The van der Waals surface area contributed by atoms with Crippen molar-refractivity contribution < 1.29 is 9.90 Å². The molecule has 0 saturated heterocycles. The van der Waals surface area contributed by atoms with Crippen molar-refractivity contribution in [1.29, 1.82) is 0 Å². The molecular weight excluding hydrogens is 312 g/mol. The van der Waals surface area contributed by atoms with Crippen LogP contribution in [0.5, 0.6) is 5.75 Å². The van der Waals surface area contributed by atoms with Crippen LogP contribution in [0, 0.1) is 0 Å². The second-order valence-electron chi connectivity index (χ2n) is 6.10. The third-order valence-electron chi connectivity index (χ3n) is 4.43. The minimum Gasteiger partial charge on any atom is -0.508 e. The number of para-hydroxylation sites is 1. The number of nitrogens with zero attached hydrogens (tertiary/aromatic N) is 1. The molecular formula is C21H18N2O2. The summed E-state index contributed by atoms with van der Waals surface area (Å²) in [7, 11) is 0. The maximum Gasteiger partial charge on any atom is 0.258 e. The van der Waals surface area contributed by atoms with E-state index < -0.39 is 0 Å². The van der Waals surface area contributed by atoms with E-state index in [4.69, 9.17) is 0 Å². The fraction of sp³-hybridized carbons (Fsp3) is 0.0952. The van der Waals surface area contributed by atoms with Crippen LogP contribution >= 0.6 is 0 Å². The number of anilines is 1. The maximum atomic E-state index is 13.1. The predicted octanol–water partition coefficient (Wildman–Crippen LogP) is 4.16. The lowest BCUT2D eigenvalue weighted by molar-refractivity contribution is 0.0666. The first-order valence-electron chi connectivity index (χ1n) is 8.22. The van der Waals surface area contributed by atoms with Crippen LogP contribution in [0.3, 0.4) is 0 Å². The third kappa shape index (κ3) is 2.94. The Kier molecular flexibility index (Phi) is 3.86. The zero-order chi connectivity index (χ0) is 17.2. The van der Waals surface area contributed by atoms with Gasteiger partial charge in [-0.3, -0.25) is 4.79 Å². The van der Waals surface area contributed by atoms with E-state index >= 15 is 0 Å². The number of hydrogen-bond donors (Lipinski definition) is 2. The van der Waals surface area contributed by atoms with Crippen molar-refractivity contribution in [3.63, 3.8) is 0 Å². The molecule has 0 aromatic heterocycles. The van der Waals surface area contributed by atoms with Gasteiger partial charge in [0.2, 0.25) is 0 Å². The molecule has 2 N–H and O–H groups in total. The fourth-order valence-electron chi connectivity index (χ4n) is 3.16. The Balaban J connectivity index is 1.75. The van der Waals surface area contributed by atoms with E-state index in [2.05, 4.69) is 5.32 Å². The molecule has 1 amide bonds. The minimum atomic E-state index is -0.289. The molecule has 1 aliphatic rings. The number of rotatable bonds is 3. The van der Waals surface area contributed by atoms with Crippen LogP contribution in [0.15, 0.2) is 78.9 Å². The van der Waals surface area contributed by atoms with Gasteiger partial charge in [-0.05, 0) is 35.4 Å². The highest BCUT2D eigenvalue weighted by Crippen LogP contribution is 2.34. The number of carbonyl (C=O) groups excluding carboxylic acids is 1. The molecule has 1 aliphatic heterocycles. The molecule has 4 rings (SSSR count). The summed E-state index contributed by atoms with van der Waals surface area (Å²) in [4.78, 5) is 14.9.